The second-order valence-electron chi connectivity index (χ2n) is 5.62. The van der Waals surface area contributed by atoms with Crippen LogP contribution in [0, 0.1) is 6.92 Å². The maximum Gasteiger partial charge on any atom is 0.0657 e. The SMILES string of the molecule is COCC(NC(C)Cc1ccccc1C)c1ccccc1. The molecule has 21 heavy (non-hydrogen) atoms. The lowest BCUT2D eigenvalue weighted by atomic mass is 10.0. The average molecular weight is 283 g/mol. The molecule has 0 radical (unpaired) electrons. The molecule has 0 saturated carbocycles. The smallest absolute Gasteiger partial charge is 0.0657 e. The molecule has 2 aromatic rings. The van der Waals surface area contributed by atoms with Gasteiger partial charge in [0.05, 0.1) is 12.6 Å². The van der Waals surface area contributed by atoms with Crippen LogP contribution in [0.4, 0.5) is 0 Å². The summed E-state index contributed by atoms with van der Waals surface area (Å²) in [7, 11) is 1.75. The van der Waals surface area contributed by atoms with E-state index in [1.54, 1.807) is 7.11 Å². The van der Waals surface area contributed by atoms with E-state index in [0.29, 0.717) is 12.6 Å². The second-order valence-corrected chi connectivity index (χ2v) is 5.62. The van der Waals surface area contributed by atoms with Crippen LogP contribution >= 0.6 is 0 Å². The Morgan fingerprint density at radius 3 is 2.33 bits per heavy atom. The summed E-state index contributed by atoms with van der Waals surface area (Å²) in [5, 5.41) is 3.68. The van der Waals surface area contributed by atoms with Crippen molar-refractivity contribution in [2.45, 2.75) is 32.4 Å². The molecule has 2 nitrogen and oxygen atoms in total. The summed E-state index contributed by atoms with van der Waals surface area (Å²) in [6.07, 6.45) is 1.03. The Kier molecular flexibility index (Phi) is 5.97. The van der Waals surface area contributed by atoms with Crippen LogP contribution in [0.25, 0.3) is 0 Å². The maximum absolute atomic E-state index is 5.37. The van der Waals surface area contributed by atoms with E-state index in [1.165, 1.54) is 16.7 Å². The topological polar surface area (TPSA) is 21.3 Å². The number of ether oxygens (including phenoxy) is 1. The Morgan fingerprint density at radius 2 is 1.67 bits per heavy atom. The van der Waals surface area contributed by atoms with Crippen LogP contribution in [0.5, 0.6) is 0 Å². The van der Waals surface area contributed by atoms with Crippen LogP contribution in [0.2, 0.25) is 0 Å². The highest BCUT2D eigenvalue weighted by atomic mass is 16.5. The van der Waals surface area contributed by atoms with Gasteiger partial charge in [-0.15, -0.1) is 0 Å². The van der Waals surface area contributed by atoms with Crippen LogP contribution in [0.1, 0.15) is 29.7 Å². The molecule has 0 heterocycles. The van der Waals surface area contributed by atoms with Crippen LogP contribution in [0.15, 0.2) is 54.6 Å². The van der Waals surface area contributed by atoms with Gasteiger partial charge in [0.1, 0.15) is 0 Å². The fraction of sp³-hybridized carbons (Fsp3) is 0.368. The van der Waals surface area contributed by atoms with Gasteiger partial charge in [0.25, 0.3) is 0 Å². The minimum absolute atomic E-state index is 0.232. The molecule has 2 heteroatoms. The lowest BCUT2D eigenvalue weighted by Crippen LogP contribution is -2.34. The Labute approximate surface area is 128 Å². The Bertz CT molecular complexity index is 538. The van der Waals surface area contributed by atoms with Crippen molar-refractivity contribution in [1.82, 2.24) is 5.32 Å². The molecule has 0 aliphatic rings. The zero-order valence-corrected chi connectivity index (χ0v) is 13.2. The first-order valence-corrected chi connectivity index (χ1v) is 7.55. The molecule has 2 atom stereocenters. The van der Waals surface area contributed by atoms with Crippen molar-refractivity contribution in [3.05, 3.63) is 71.3 Å². The van der Waals surface area contributed by atoms with Crippen LogP contribution in [0.3, 0.4) is 0 Å². The zero-order chi connectivity index (χ0) is 15.1. The lowest BCUT2D eigenvalue weighted by molar-refractivity contribution is 0.162. The molecule has 2 aromatic carbocycles. The van der Waals surface area contributed by atoms with E-state index in [4.69, 9.17) is 4.74 Å². The molecule has 0 aromatic heterocycles. The first-order valence-electron chi connectivity index (χ1n) is 7.55. The van der Waals surface area contributed by atoms with Gasteiger partial charge in [0.2, 0.25) is 0 Å². The van der Waals surface area contributed by atoms with E-state index in [0.717, 1.165) is 6.42 Å². The van der Waals surface area contributed by atoms with E-state index in [-0.39, 0.29) is 6.04 Å². The van der Waals surface area contributed by atoms with Gasteiger partial charge in [-0.25, -0.2) is 0 Å². The first-order chi connectivity index (χ1) is 10.2. The summed E-state index contributed by atoms with van der Waals surface area (Å²) in [6, 6.07) is 19.7. The monoisotopic (exact) mass is 283 g/mol. The molecule has 2 rings (SSSR count). The van der Waals surface area contributed by atoms with E-state index in [2.05, 4.69) is 67.7 Å². The number of methoxy groups -OCH3 is 1. The van der Waals surface area contributed by atoms with Crippen molar-refractivity contribution < 1.29 is 4.74 Å². The summed E-state index contributed by atoms with van der Waals surface area (Å²) >= 11 is 0. The van der Waals surface area contributed by atoms with Crippen molar-refractivity contribution in [3.8, 4) is 0 Å². The quantitative estimate of drug-likeness (QED) is 0.832. The molecule has 0 spiro atoms. The highest BCUT2D eigenvalue weighted by Gasteiger charge is 2.14. The summed E-state index contributed by atoms with van der Waals surface area (Å²) in [6.45, 7) is 5.09. The second kappa shape index (κ2) is 7.96. The molecule has 0 aliphatic carbocycles. The minimum Gasteiger partial charge on any atom is -0.383 e. The van der Waals surface area contributed by atoms with E-state index >= 15 is 0 Å². The van der Waals surface area contributed by atoms with Gasteiger partial charge >= 0.3 is 0 Å². The molecule has 0 aliphatic heterocycles. The van der Waals surface area contributed by atoms with Gasteiger partial charge in [0.15, 0.2) is 0 Å². The zero-order valence-electron chi connectivity index (χ0n) is 13.2. The number of hydrogen-bond donors (Lipinski definition) is 1. The third-order valence-corrected chi connectivity index (χ3v) is 3.81. The minimum atomic E-state index is 0.232. The summed E-state index contributed by atoms with van der Waals surface area (Å²) in [5.41, 5.74) is 4.03. The predicted molar refractivity (Wildman–Crippen MR) is 88.5 cm³/mol. The highest BCUT2D eigenvalue weighted by molar-refractivity contribution is 5.26. The van der Waals surface area contributed by atoms with Gasteiger partial charge in [-0.05, 0) is 37.0 Å². The molecule has 2 unspecified atom stereocenters. The molecular formula is C19H25NO. The normalized spacial score (nSPS) is 13.9. The summed E-state index contributed by atoms with van der Waals surface area (Å²) in [4.78, 5) is 0. The van der Waals surface area contributed by atoms with Crippen molar-refractivity contribution in [2.24, 2.45) is 0 Å². The van der Waals surface area contributed by atoms with Gasteiger partial charge in [-0.1, -0.05) is 54.6 Å². The van der Waals surface area contributed by atoms with Gasteiger partial charge in [0, 0.05) is 13.2 Å². The number of benzene rings is 2. The van der Waals surface area contributed by atoms with Crippen molar-refractivity contribution in [3.63, 3.8) is 0 Å². The van der Waals surface area contributed by atoms with Gasteiger partial charge in [-0.3, -0.25) is 0 Å². The Balaban J connectivity index is 2.02. The number of aryl methyl sites for hydroxylation is 1. The van der Waals surface area contributed by atoms with E-state index in [9.17, 15) is 0 Å². The van der Waals surface area contributed by atoms with Crippen LogP contribution in [-0.2, 0) is 11.2 Å². The van der Waals surface area contributed by atoms with E-state index in [1.807, 2.05) is 6.07 Å². The third kappa shape index (κ3) is 4.69. The molecule has 0 bridgehead atoms. The predicted octanol–water partition coefficient (Wildman–Crippen LogP) is 3.90. The average Bonchev–Trinajstić information content (AvgIpc) is 2.50. The fourth-order valence-corrected chi connectivity index (χ4v) is 2.66. The molecule has 112 valence electrons. The standard InChI is InChI=1S/C19H25NO/c1-15-9-7-8-12-18(15)13-16(2)20-19(14-21-3)17-10-5-4-6-11-17/h4-12,16,19-20H,13-14H2,1-3H3. The lowest BCUT2D eigenvalue weighted by Gasteiger charge is -2.24. The molecule has 0 amide bonds. The van der Waals surface area contributed by atoms with Crippen molar-refractivity contribution in [2.75, 3.05) is 13.7 Å². The summed E-state index contributed by atoms with van der Waals surface area (Å²) < 4.78 is 5.37. The summed E-state index contributed by atoms with van der Waals surface area (Å²) in [5.74, 6) is 0. The fourth-order valence-electron chi connectivity index (χ4n) is 2.66. The third-order valence-electron chi connectivity index (χ3n) is 3.81. The largest absolute Gasteiger partial charge is 0.383 e. The highest BCUT2D eigenvalue weighted by Crippen LogP contribution is 2.16. The number of hydrogen-bond acceptors (Lipinski definition) is 2. The Morgan fingerprint density at radius 1 is 1.00 bits per heavy atom. The molecule has 0 saturated heterocycles. The number of rotatable bonds is 7. The van der Waals surface area contributed by atoms with Gasteiger partial charge in [-0.2, -0.15) is 0 Å². The van der Waals surface area contributed by atoms with Crippen molar-refractivity contribution >= 4 is 0 Å². The maximum atomic E-state index is 5.37. The molecular weight excluding hydrogens is 258 g/mol. The van der Waals surface area contributed by atoms with E-state index < -0.39 is 0 Å². The number of nitrogens with one attached hydrogen (secondary N) is 1. The molecule has 1 N–H and O–H groups in total. The van der Waals surface area contributed by atoms with Crippen LogP contribution < -0.4 is 5.32 Å². The first kappa shape index (κ1) is 15.7. The Hall–Kier alpha value is -1.64. The molecule has 0 fully saturated rings. The van der Waals surface area contributed by atoms with Crippen molar-refractivity contribution in [1.29, 1.82) is 0 Å². The van der Waals surface area contributed by atoms with Gasteiger partial charge < -0.3 is 10.1 Å². The van der Waals surface area contributed by atoms with Crippen LogP contribution in [-0.4, -0.2) is 19.8 Å².